The van der Waals surface area contributed by atoms with E-state index in [0.29, 0.717) is 23.6 Å². The Morgan fingerprint density at radius 1 is 1.14 bits per heavy atom. The third-order valence-electron chi connectivity index (χ3n) is 5.20. The molecular formula is C24H28F3N7O3. The van der Waals surface area contributed by atoms with Crippen molar-refractivity contribution in [3.63, 3.8) is 0 Å². The van der Waals surface area contributed by atoms with E-state index in [-0.39, 0.29) is 37.3 Å². The normalized spacial score (nSPS) is 12.3. The van der Waals surface area contributed by atoms with Crippen LogP contribution in [-0.4, -0.2) is 49.1 Å². The van der Waals surface area contributed by atoms with Gasteiger partial charge in [-0.3, -0.25) is 14.2 Å². The van der Waals surface area contributed by atoms with Gasteiger partial charge in [0.2, 0.25) is 11.9 Å². The lowest BCUT2D eigenvalue weighted by molar-refractivity contribution is -0.138. The number of hydrogen-bond acceptors (Lipinski definition) is 7. The van der Waals surface area contributed by atoms with Crippen molar-refractivity contribution in [3.05, 3.63) is 60.2 Å². The number of nitrogens with zero attached hydrogens (tertiary/aromatic N) is 4. The highest BCUT2D eigenvalue weighted by Crippen LogP contribution is 2.29. The number of nitrogens with one attached hydrogen (secondary N) is 3. The van der Waals surface area contributed by atoms with Gasteiger partial charge in [0, 0.05) is 31.5 Å². The summed E-state index contributed by atoms with van der Waals surface area (Å²) in [5.74, 6) is -0.246. The van der Waals surface area contributed by atoms with Gasteiger partial charge in [-0.1, -0.05) is 26.0 Å². The number of anilines is 2. The Labute approximate surface area is 211 Å². The lowest BCUT2D eigenvalue weighted by Gasteiger charge is -2.21. The zero-order valence-corrected chi connectivity index (χ0v) is 20.3. The van der Waals surface area contributed by atoms with E-state index in [9.17, 15) is 22.8 Å². The van der Waals surface area contributed by atoms with Crippen LogP contribution < -0.4 is 16.0 Å². The molecule has 0 unspecified atom stereocenters. The first-order valence-corrected chi connectivity index (χ1v) is 11.5. The van der Waals surface area contributed by atoms with Crippen molar-refractivity contribution < 1.29 is 27.9 Å². The van der Waals surface area contributed by atoms with Crippen LogP contribution in [0.15, 0.2) is 49.1 Å². The number of imidazole rings is 1. The monoisotopic (exact) mass is 519 g/mol. The molecule has 3 rings (SSSR count). The summed E-state index contributed by atoms with van der Waals surface area (Å²) >= 11 is 0. The lowest BCUT2D eigenvalue weighted by Crippen LogP contribution is -2.40. The number of alkyl halides is 3. The Hall–Kier alpha value is -4.16. The number of amides is 1. The minimum Gasteiger partial charge on any atom is -0.481 e. The van der Waals surface area contributed by atoms with Crippen LogP contribution in [0.1, 0.15) is 37.8 Å². The van der Waals surface area contributed by atoms with Crippen molar-refractivity contribution in [2.45, 2.75) is 45.5 Å². The van der Waals surface area contributed by atoms with E-state index in [1.165, 1.54) is 18.5 Å². The maximum atomic E-state index is 13.0. The van der Waals surface area contributed by atoms with Crippen molar-refractivity contribution >= 4 is 23.6 Å². The van der Waals surface area contributed by atoms with Crippen LogP contribution >= 0.6 is 0 Å². The van der Waals surface area contributed by atoms with Crippen LogP contribution in [0.2, 0.25) is 0 Å². The SMILES string of the molecule is CC(C)C[C@@H](Nc1cc(-n2ccnc2)nc(NCCC(=O)O)n1)C(=O)NCc1ccc(C(F)(F)F)cc1. The number of hydrogen-bond donors (Lipinski definition) is 4. The van der Waals surface area contributed by atoms with Crippen LogP contribution in [0.5, 0.6) is 0 Å². The fraction of sp³-hybridized carbons (Fsp3) is 0.375. The molecule has 1 atom stereocenters. The van der Waals surface area contributed by atoms with Gasteiger partial charge in [0.1, 0.15) is 24.0 Å². The van der Waals surface area contributed by atoms with Gasteiger partial charge in [0.05, 0.1) is 12.0 Å². The van der Waals surface area contributed by atoms with Gasteiger partial charge in [-0.05, 0) is 30.0 Å². The van der Waals surface area contributed by atoms with E-state index in [2.05, 4.69) is 30.9 Å². The van der Waals surface area contributed by atoms with Gasteiger partial charge in [-0.2, -0.15) is 23.1 Å². The molecule has 0 bridgehead atoms. The summed E-state index contributed by atoms with van der Waals surface area (Å²) in [6.07, 6.45) is 0.672. The van der Waals surface area contributed by atoms with Crippen molar-refractivity contribution in [1.29, 1.82) is 0 Å². The maximum absolute atomic E-state index is 13.0. The van der Waals surface area contributed by atoms with Crippen LogP contribution in [0.25, 0.3) is 5.82 Å². The summed E-state index contributed by atoms with van der Waals surface area (Å²) in [7, 11) is 0. The number of benzene rings is 1. The molecule has 0 saturated carbocycles. The third-order valence-corrected chi connectivity index (χ3v) is 5.20. The van der Waals surface area contributed by atoms with E-state index >= 15 is 0 Å². The molecular weight excluding hydrogens is 491 g/mol. The van der Waals surface area contributed by atoms with Gasteiger partial charge >= 0.3 is 12.1 Å². The van der Waals surface area contributed by atoms with E-state index < -0.39 is 23.8 Å². The molecule has 2 heterocycles. The summed E-state index contributed by atoms with van der Waals surface area (Å²) < 4.78 is 40.0. The molecule has 0 radical (unpaired) electrons. The number of carboxylic acid groups (broad SMARTS) is 1. The van der Waals surface area contributed by atoms with Gasteiger partial charge in [0.15, 0.2) is 0 Å². The fourth-order valence-electron chi connectivity index (χ4n) is 3.40. The van der Waals surface area contributed by atoms with E-state index in [0.717, 1.165) is 12.1 Å². The number of carboxylic acids is 1. The van der Waals surface area contributed by atoms with Crippen LogP contribution in [0.3, 0.4) is 0 Å². The lowest BCUT2D eigenvalue weighted by atomic mass is 10.0. The van der Waals surface area contributed by atoms with E-state index in [4.69, 9.17) is 5.11 Å². The Morgan fingerprint density at radius 3 is 2.46 bits per heavy atom. The molecule has 0 saturated heterocycles. The second kappa shape index (κ2) is 12.2. The van der Waals surface area contributed by atoms with Gasteiger partial charge in [-0.25, -0.2) is 4.98 Å². The highest BCUT2D eigenvalue weighted by molar-refractivity contribution is 5.84. The second-order valence-electron chi connectivity index (χ2n) is 8.71. The Bertz CT molecular complexity index is 1180. The van der Waals surface area contributed by atoms with Crippen LogP contribution in [-0.2, 0) is 22.3 Å². The van der Waals surface area contributed by atoms with Crippen LogP contribution in [0, 0.1) is 5.92 Å². The molecule has 13 heteroatoms. The van der Waals surface area contributed by atoms with Gasteiger partial charge in [-0.15, -0.1) is 0 Å². The summed E-state index contributed by atoms with van der Waals surface area (Å²) in [5, 5.41) is 17.6. The minimum atomic E-state index is -4.43. The molecule has 0 aliphatic carbocycles. The quantitative estimate of drug-likeness (QED) is 0.285. The highest BCUT2D eigenvalue weighted by atomic mass is 19.4. The maximum Gasteiger partial charge on any atom is 0.416 e. The number of aliphatic carboxylic acids is 1. The highest BCUT2D eigenvalue weighted by Gasteiger charge is 2.30. The number of halogens is 3. The molecule has 1 aromatic carbocycles. The molecule has 0 aliphatic rings. The zero-order valence-electron chi connectivity index (χ0n) is 20.3. The second-order valence-corrected chi connectivity index (χ2v) is 8.71. The molecule has 37 heavy (non-hydrogen) atoms. The summed E-state index contributed by atoms with van der Waals surface area (Å²) in [4.78, 5) is 36.6. The smallest absolute Gasteiger partial charge is 0.416 e. The molecule has 0 aliphatic heterocycles. The first-order chi connectivity index (χ1) is 17.5. The van der Waals surface area contributed by atoms with Crippen LogP contribution in [0.4, 0.5) is 24.9 Å². The Balaban J connectivity index is 1.75. The standard InChI is InChI=1S/C24H28F3N7O3/c1-15(2)11-18(22(37)30-13-16-3-5-17(6-4-16)24(25,26)27)31-19-12-20(34-10-9-28-14-34)33-23(32-19)29-8-7-21(35)36/h3-6,9-10,12,14-15,18H,7-8,11,13H2,1-2H3,(H,30,37)(H,35,36)(H2,29,31,32,33)/t18-/m1/s1. The minimum absolute atomic E-state index is 0.0549. The average molecular weight is 520 g/mol. The van der Waals surface area contributed by atoms with E-state index in [1.54, 1.807) is 23.0 Å². The van der Waals surface area contributed by atoms with Gasteiger partial charge < -0.3 is 21.1 Å². The molecule has 2 aromatic heterocycles. The Morgan fingerprint density at radius 2 is 1.86 bits per heavy atom. The number of carbonyl (C=O) groups excluding carboxylic acids is 1. The molecule has 1 amide bonds. The first kappa shape index (κ1) is 27.4. The topological polar surface area (TPSA) is 134 Å². The van der Waals surface area contributed by atoms with Crippen molar-refractivity contribution in [1.82, 2.24) is 24.8 Å². The summed E-state index contributed by atoms with van der Waals surface area (Å²) in [6, 6.07) is 5.52. The molecule has 10 nitrogen and oxygen atoms in total. The number of carbonyl (C=O) groups is 2. The zero-order chi connectivity index (χ0) is 27.0. The van der Waals surface area contributed by atoms with Gasteiger partial charge in [0.25, 0.3) is 0 Å². The average Bonchev–Trinajstić information content (AvgIpc) is 3.36. The summed E-state index contributed by atoms with van der Waals surface area (Å²) in [5.41, 5.74) is -0.230. The predicted molar refractivity (Wildman–Crippen MR) is 130 cm³/mol. The molecule has 0 fully saturated rings. The van der Waals surface area contributed by atoms with E-state index in [1.807, 2.05) is 13.8 Å². The largest absolute Gasteiger partial charge is 0.481 e. The predicted octanol–water partition coefficient (Wildman–Crippen LogP) is 3.71. The number of rotatable bonds is 12. The van der Waals surface area contributed by atoms with Crippen molar-refractivity contribution in [3.8, 4) is 5.82 Å². The third kappa shape index (κ3) is 8.47. The molecule has 4 N–H and O–H groups in total. The first-order valence-electron chi connectivity index (χ1n) is 11.5. The van der Waals surface area contributed by atoms with Crippen molar-refractivity contribution in [2.75, 3.05) is 17.2 Å². The van der Waals surface area contributed by atoms with Crippen molar-refractivity contribution in [2.24, 2.45) is 5.92 Å². The Kier molecular flexibility index (Phi) is 9.04. The fourth-order valence-corrected chi connectivity index (χ4v) is 3.40. The molecule has 3 aromatic rings. The molecule has 198 valence electrons. The summed E-state index contributed by atoms with van der Waals surface area (Å²) in [6.45, 7) is 4.06. The number of aromatic nitrogens is 4. The molecule has 0 spiro atoms.